The average Bonchev–Trinajstić information content (AvgIpc) is 2.75. The van der Waals surface area contributed by atoms with Crippen LogP contribution in [-0.4, -0.2) is 39.0 Å². The first-order chi connectivity index (χ1) is 14.6. The van der Waals surface area contributed by atoms with Crippen molar-refractivity contribution in [2.24, 2.45) is 0 Å². The minimum Gasteiger partial charge on any atom is -0.389 e. The number of fused-ring (bicyclic) bond motifs is 1. The highest BCUT2D eigenvalue weighted by atomic mass is 35.5. The smallest absolute Gasteiger partial charge is 0.261 e. The van der Waals surface area contributed by atoms with Crippen LogP contribution in [0, 0.1) is 0 Å². The second-order valence-corrected chi connectivity index (χ2v) is 7.63. The van der Waals surface area contributed by atoms with E-state index in [-0.39, 0.29) is 18.2 Å². The fraction of sp³-hybridized carbons (Fsp3) is 0.261. The summed E-state index contributed by atoms with van der Waals surface area (Å²) in [6, 6.07) is 16.6. The fourth-order valence-electron chi connectivity index (χ4n) is 3.58. The number of halogens is 1. The molecule has 0 unspecified atom stereocenters. The van der Waals surface area contributed by atoms with E-state index in [9.17, 15) is 9.90 Å². The van der Waals surface area contributed by atoms with Crippen molar-refractivity contribution in [1.29, 1.82) is 0 Å². The van der Waals surface area contributed by atoms with Gasteiger partial charge < -0.3 is 9.84 Å². The molecule has 2 atom stereocenters. The van der Waals surface area contributed by atoms with Gasteiger partial charge >= 0.3 is 0 Å². The van der Waals surface area contributed by atoms with Crippen LogP contribution < -0.4 is 5.56 Å². The number of hydrogen-bond acceptors (Lipinski definition) is 5. The topological polar surface area (TPSA) is 77.2 Å². The molecule has 2 aromatic heterocycles. The molecule has 30 heavy (non-hydrogen) atoms. The van der Waals surface area contributed by atoms with E-state index in [1.54, 1.807) is 12.3 Å². The molecule has 3 aromatic rings. The monoisotopic (exact) mass is 423 g/mol. The van der Waals surface area contributed by atoms with Crippen molar-refractivity contribution in [3.63, 3.8) is 0 Å². The number of nitrogens with zero attached hydrogens (tertiary/aromatic N) is 3. The average molecular weight is 424 g/mol. The van der Waals surface area contributed by atoms with Crippen LogP contribution in [0.1, 0.15) is 23.6 Å². The number of ether oxygens (including phenoxy) is 1. The Balaban J connectivity index is 1.86. The minimum atomic E-state index is -0.738. The Labute approximate surface area is 179 Å². The normalized spacial score (nSPS) is 18.7. The number of pyridine rings is 1. The van der Waals surface area contributed by atoms with Gasteiger partial charge in [0.05, 0.1) is 36.0 Å². The van der Waals surface area contributed by atoms with Crippen molar-refractivity contribution in [2.75, 3.05) is 13.2 Å². The molecule has 0 aliphatic carbocycles. The molecule has 1 N–H and O–H groups in total. The molecule has 1 saturated heterocycles. The maximum Gasteiger partial charge on any atom is 0.261 e. The fourth-order valence-corrected chi connectivity index (χ4v) is 3.69. The van der Waals surface area contributed by atoms with E-state index in [2.05, 4.69) is 9.97 Å². The van der Waals surface area contributed by atoms with Crippen molar-refractivity contribution in [3.8, 4) is 0 Å². The summed E-state index contributed by atoms with van der Waals surface area (Å²) in [5.41, 5.74) is 2.33. The molecule has 1 fully saturated rings. The van der Waals surface area contributed by atoms with Gasteiger partial charge in [-0.15, -0.1) is 0 Å². The standard InChI is InChI=1S/C23H22ClN3O3/c24-22-8-7-17(13-25-22)11-16-5-3-1-2-4-6-19-18(12-16)23(29)27(15-26-19)20-9-10-30-14-21(20)28/h1-8,12-13,15,20-21,28H,9-11,14H2/t20-,21-/m0/s1. The molecule has 0 radical (unpaired) electrons. The molecular weight excluding hydrogens is 402 g/mol. The van der Waals surface area contributed by atoms with Gasteiger partial charge in [-0.05, 0) is 42.2 Å². The van der Waals surface area contributed by atoms with Crippen LogP contribution in [0.2, 0.25) is 5.15 Å². The van der Waals surface area contributed by atoms with E-state index in [4.69, 9.17) is 16.3 Å². The van der Waals surface area contributed by atoms with Gasteiger partial charge in [-0.3, -0.25) is 9.36 Å². The van der Waals surface area contributed by atoms with Gasteiger partial charge in [-0.2, -0.15) is 0 Å². The predicted octanol–water partition coefficient (Wildman–Crippen LogP) is 3.48. The summed E-state index contributed by atoms with van der Waals surface area (Å²) in [5, 5.41) is 11.3. The Morgan fingerprint density at radius 1 is 1.10 bits per heavy atom. The third-order valence-electron chi connectivity index (χ3n) is 5.13. The molecule has 1 aliphatic rings. The van der Waals surface area contributed by atoms with Crippen molar-refractivity contribution in [2.45, 2.75) is 25.0 Å². The number of aliphatic hydroxyl groups excluding tert-OH is 1. The molecule has 7 heteroatoms. The second-order valence-electron chi connectivity index (χ2n) is 7.24. The molecule has 3 heterocycles. The highest BCUT2D eigenvalue weighted by Gasteiger charge is 2.26. The zero-order chi connectivity index (χ0) is 20.9. The van der Waals surface area contributed by atoms with E-state index < -0.39 is 6.10 Å². The van der Waals surface area contributed by atoms with Crippen molar-refractivity contribution < 1.29 is 9.84 Å². The summed E-state index contributed by atoms with van der Waals surface area (Å²) in [7, 11) is 0. The molecule has 6 nitrogen and oxygen atoms in total. The molecular formula is C23H22ClN3O3. The summed E-state index contributed by atoms with van der Waals surface area (Å²) in [6.07, 6.45) is 3.66. The molecule has 4 rings (SSSR count). The first-order valence-electron chi connectivity index (χ1n) is 9.81. The Kier molecular flexibility index (Phi) is 6.38. The van der Waals surface area contributed by atoms with E-state index in [0.29, 0.717) is 35.5 Å². The highest BCUT2D eigenvalue weighted by Crippen LogP contribution is 2.20. The summed E-state index contributed by atoms with van der Waals surface area (Å²) in [5.74, 6) is 0. The largest absolute Gasteiger partial charge is 0.389 e. The van der Waals surface area contributed by atoms with E-state index in [0.717, 1.165) is 11.1 Å². The predicted molar refractivity (Wildman–Crippen MR) is 116 cm³/mol. The zero-order valence-corrected chi connectivity index (χ0v) is 17.1. The number of rotatable bonds is 3. The van der Waals surface area contributed by atoms with Crippen molar-refractivity contribution in [1.82, 2.24) is 14.5 Å². The van der Waals surface area contributed by atoms with Crippen LogP contribution in [-0.2, 0) is 11.2 Å². The van der Waals surface area contributed by atoms with Gasteiger partial charge in [0.2, 0.25) is 0 Å². The maximum atomic E-state index is 13.4. The summed E-state index contributed by atoms with van der Waals surface area (Å²) >= 11 is 5.89. The molecule has 0 saturated carbocycles. The molecule has 0 bridgehead atoms. The molecule has 1 aromatic carbocycles. The number of aliphatic hydroxyl groups is 1. The van der Waals surface area contributed by atoms with Gasteiger partial charge in [0.15, 0.2) is 0 Å². The Morgan fingerprint density at radius 3 is 2.70 bits per heavy atom. The molecule has 0 spiro atoms. The first-order valence-corrected chi connectivity index (χ1v) is 10.2. The third-order valence-corrected chi connectivity index (χ3v) is 5.36. The summed E-state index contributed by atoms with van der Waals surface area (Å²) in [4.78, 5) is 22.0. The van der Waals surface area contributed by atoms with Gasteiger partial charge in [0.1, 0.15) is 5.15 Å². The lowest BCUT2D eigenvalue weighted by Crippen LogP contribution is -2.39. The van der Waals surface area contributed by atoms with Crippen molar-refractivity contribution in [3.05, 3.63) is 93.8 Å². The molecule has 0 amide bonds. The minimum absolute atomic E-state index is 0.180. The highest BCUT2D eigenvalue weighted by molar-refractivity contribution is 6.29. The van der Waals surface area contributed by atoms with E-state index >= 15 is 0 Å². The SMILES string of the molecule is O=c1c2cc(Cc3ccc(Cl)nc3)ccccccc2ncn1[C@H]1CCOC[C@@H]1O. The lowest BCUT2D eigenvalue weighted by atomic mass is 10.1. The molecule has 1 aliphatic heterocycles. The van der Waals surface area contributed by atoms with Gasteiger partial charge in [0.25, 0.3) is 5.56 Å². The second kappa shape index (κ2) is 9.34. The van der Waals surface area contributed by atoms with Gasteiger partial charge in [-0.25, -0.2) is 9.97 Å². The quantitative estimate of drug-likeness (QED) is 0.652. The van der Waals surface area contributed by atoms with Crippen molar-refractivity contribution >= 4 is 22.5 Å². The van der Waals surface area contributed by atoms with Crippen LogP contribution >= 0.6 is 11.6 Å². The summed E-state index contributed by atoms with van der Waals surface area (Å²) in [6.45, 7) is 0.718. The Morgan fingerprint density at radius 2 is 1.93 bits per heavy atom. The lowest BCUT2D eigenvalue weighted by Gasteiger charge is -2.29. The summed E-state index contributed by atoms with van der Waals surface area (Å²) < 4.78 is 6.83. The maximum absolute atomic E-state index is 13.4. The number of hydrogen-bond donors (Lipinski definition) is 1. The van der Waals surface area contributed by atoms with Gasteiger partial charge in [-0.1, -0.05) is 48.0 Å². The van der Waals surface area contributed by atoms with Crippen LogP contribution in [0.15, 0.2) is 71.9 Å². The Bertz CT molecular complexity index is 1150. The third kappa shape index (κ3) is 4.67. The Hall–Kier alpha value is -2.80. The van der Waals surface area contributed by atoms with Crippen LogP contribution in [0.3, 0.4) is 0 Å². The first kappa shape index (κ1) is 20.5. The van der Waals surface area contributed by atoms with Crippen LogP contribution in [0.4, 0.5) is 0 Å². The number of aromatic nitrogens is 3. The van der Waals surface area contributed by atoms with E-state index in [1.807, 2.05) is 48.5 Å². The van der Waals surface area contributed by atoms with Crippen LogP contribution in [0.25, 0.3) is 10.9 Å². The van der Waals surface area contributed by atoms with E-state index in [1.165, 1.54) is 10.9 Å². The zero-order valence-electron chi connectivity index (χ0n) is 16.3. The van der Waals surface area contributed by atoms with Crippen LogP contribution in [0.5, 0.6) is 0 Å². The lowest BCUT2D eigenvalue weighted by molar-refractivity contribution is -0.0395. The molecule has 154 valence electrons. The van der Waals surface area contributed by atoms with Gasteiger partial charge in [0, 0.05) is 12.8 Å².